The third-order valence-corrected chi connectivity index (χ3v) is 4.69. The standard InChI is InChI=1S/C19H23N3O3/c1-13-10-14(2)22(20-13)11-15-5-7-16(8-6-15)18(23)21-9-3-4-17(12-21)19(24)25/h5-8,10,17H,3-4,9,11-12H2,1-2H3,(H,24,25)/t17-/m0/s1. The molecule has 2 aromatic rings. The van der Waals surface area contributed by atoms with Crippen molar-refractivity contribution in [1.82, 2.24) is 14.7 Å². The number of aliphatic carboxylic acids is 1. The van der Waals surface area contributed by atoms with Crippen LogP contribution in [0.25, 0.3) is 0 Å². The normalized spacial score (nSPS) is 17.5. The number of carbonyl (C=O) groups is 2. The van der Waals surface area contributed by atoms with Gasteiger partial charge in [-0.1, -0.05) is 12.1 Å². The van der Waals surface area contributed by atoms with Crippen LogP contribution in [0.5, 0.6) is 0 Å². The van der Waals surface area contributed by atoms with Gasteiger partial charge in [-0.05, 0) is 50.5 Å². The van der Waals surface area contributed by atoms with Gasteiger partial charge in [0.05, 0.1) is 18.2 Å². The summed E-state index contributed by atoms with van der Waals surface area (Å²) in [5.74, 6) is -1.37. The Labute approximate surface area is 147 Å². The van der Waals surface area contributed by atoms with E-state index in [0.29, 0.717) is 31.6 Å². The van der Waals surface area contributed by atoms with Crippen molar-refractivity contribution < 1.29 is 14.7 Å². The number of hydrogen-bond acceptors (Lipinski definition) is 3. The molecule has 0 spiro atoms. The van der Waals surface area contributed by atoms with Crippen molar-refractivity contribution in [2.45, 2.75) is 33.2 Å². The largest absolute Gasteiger partial charge is 0.481 e. The Kier molecular flexibility index (Phi) is 4.88. The number of piperidine rings is 1. The number of nitrogens with zero attached hydrogens (tertiary/aromatic N) is 3. The summed E-state index contributed by atoms with van der Waals surface area (Å²) in [6.45, 7) is 5.57. The van der Waals surface area contributed by atoms with E-state index in [4.69, 9.17) is 5.11 Å². The molecule has 0 radical (unpaired) electrons. The maximum atomic E-state index is 12.6. The fourth-order valence-electron chi connectivity index (χ4n) is 3.31. The van der Waals surface area contributed by atoms with E-state index in [1.807, 2.05) is 48.9 Å². The van der Waals surface area contributed by atoms with E-state index in [2.05, 4.69) is 5.10 Å². The van der Waals surface area contributed by atoms with Crippen LogP contribution >= 0.6 is 0 Å². The van der Waals surface area contributed by atoms with Crippen molar-refractivity contribution in [3.8, 4) is 0 Å². The maximum Gasteiger partial charge on any atom is 0.308 e. The summed E-state index contributed by atoms with van der Waals surface area (Å²) in [7, 11) is 0. The molecule has 1 N–H and O–H groups in total. The molecule has 1 fully saturated rings. The molecule has 25 heavy (non-hydrogen) atoms. The van der Waals surface area contributed by atoms with Gasteiger partial charge in [-0.3, -0.25) is 14.3 Å². The van der Waals surface area contributed by atoms with E-state index in [-0.39, 0.29) is 5.91 Å². The molecule has 0 saturated carbocycles. The minimum atomic E-state index is -0.822. The maximum absolute atomic E-state index is 12.6. The molecular weight excluding hydrogens is 318 g/mol. The molecule has 0 unspecified atom stereocenters. The monoisotopic (exact) mass is 341 g/mol. The number of rotatable bonds is 4. The van der Waals surface area contributed by atoms with Crippen LogP contribution < -0.4 is 0 Å². The van der Waals surface area contributed by atoms with E-state index in [9.17, 15) is 9.59 Å². The lowest BCUT2D eigenvalue weighted by Crippen LogP contribution is -2.42. The molecule has 1 aromatic carbocycles. The highest BCUT2D eigenvalue weighted by molar-refractivity contribution is 5.94. The summed E-state index contributed by atoms with van der Waals surface area (Å²) < 4.78 is 1.94. The average molecular weight is 341 g/mol. The van der Waals surface area contributed by atoms with Gasteiger partial charge >= 0.3 is 5.97 Å². The van der Waals surface area contributed by atoms with E-state index < -0.39 is 11.9 Å². The Morgan fingerprint density at radius 2 is 1.96 bits per heavy atom. The van der Waals surface area contributed by atoms with Crippen LogP contribution in [0.2, 0.25) is 0 Å². The quantitative estimate of drug-likeness (QED) is 0.927. The van der Waals surface area contributed by atoms with Crippen molar-refractivity contribution in [1.29, 1.82) is 0 Å². The molecule has 0 bridgehead atoms. The third kappa shape index (κ3) is 3.90. The van der Waals surface area contributed by atoms with Gasteiger partial charge in [-0.25, -0.2) is 0 Å². The molecule has 1 aliphatic heterocycles. The van der Waals surface area contributed by atoms with Crippen molar-refractivity contribution >= 4 is 11.9 Å². The predicted molar refractivity (Wildman–Crippen MR) is 93.5 cm³/mol. The third-order valence-electron chi connectivity index (χ3n) is 4.69. The Morgan fingerprint density at radius 1 is 1.24 bits per heavy atom. The summed E-state index contributed by atoms with van der Waals surface area (Å²) in [6.07, 6.45) is 1.37. The number of hydrogen-bond donors (Lipinski definition) is 1. The highest BCUT2D eigenvalue weighted by atomic mass is 16.4. The SMILES string of the molecule is Cc1cc(C)n(Cc2ccc(C(=O)N3CCC[C@H](C(=O)O)C3)cc2)n1. The smallest absolute Gasteiger partial charge is 0.308 e. The Bertz CT molecular complexity index is 780. The summed E-state index contributed by atoms with van der Waals surface area (Å²) in [6, 6.07) is 9.53. The number of carbonyl (C=O) groups excluding carboxylic acids is 1. The van der Waals surface area contributed by atoms with Gasteiger partial charge in [0.25, 0.3) is 5.91 Å². The second-order valence-electron chi connectivity index (χ2n) is 6.71. The molecule has 1 atom stereocenters. The van der Waals surface area contributed by atoms with Crippen LogP contribution in [0.4, 0.5) is 0 Å². The van der Waals surface area contributed by atoms with E-state index >= 15 is 0 Å². The lowest BCUT2D eigenvalue weighted by Gasteiger charge is -2.30. The molecule has 6 nitrogen and oxygen atoms in total. The molecule has 1 amide bonds. The number of carboxylic acids is 1. The number of amides is 1. The van der Waals surface area contributed by atoms with E-state index in [1.165, 1.54) is 0 Å². The zero-order valence-corrected chi connectivity index (χ0v) is 14.6. The van der Waals surface area contributed by atoms with Crippen molar-refractivity contribution in [2.75, 3.05) is 13.1 Å². The molecule has 132 valence electrons. The van der Waals surface area contributed by atoms with Crippen LogP contribution in [0.15, 0.2) is 30.3 Å². The van der Waals surface area contributed by atoms with Gasteiger partial charge in [-0.15, -0.1) is 0 Å². The predicted octanol–water partition coefficient (Wildman–Crippen LogP) is 2.49. The molecule has 1 aromatic heterocycles. The second kappa shape index (κ2) is 7.09. The van der Waals surface area contributed by atoms with Crippen LogP contribution in [-0.4, -0.2) is 44.8 Å². The zero-order valence-electron chi connectivity index (χ0n) is 14.6. The van der Waals surface area contributed by atoms with Gasteiger partial charge in [0, 0.05) is 24.3 Å². The van der Waals surface area contributed by atoms with Crippen LogP contribution in [0, 0.1) is 19.8 Å². The van der Waals surface area contributed by atoms with E-state index in [1.54, 1.807) is 4.90 Å². The fraction of sp³-hybridized carbons (Fsp3) is 0.421. The van der Waals surface area contributed by atoms with Gasteiger partial charge in [0.1, 0.15) is 0 Å². The van der Waals surface area contributed by atoms with Crippen LogP contribution in [-0.2, 0) is 11.3 Å². The molecular formula is C19H23N3O3. The number of likely N-dealkylation sites (tertiary alicyclic amines) is 1. The van der Waals surface area contributed by atoms with Gasteiger partial charge in [0.2, 0.25) is 0 Å². The van der Waals surface area contributed by atoms with Gasteiger partial charge < -0.3 is 10.0 Å². The van der Waals surface area contributed by atoms with Gasteiger partial charge in [-0.2, -0.15) is 5.10 Å². The molecule has 2 heterocycles. The summed E-state index contributed by atoms with van der Waals surface area (Å²) in [4.78, 5) is 25.4. The lowest BCUT2D eigenvalue weighted by atomic mass is 9.97. The first-order chi connectivity index (χ1) is 11.9. The zero-order chi connectivity index (χ0) is 18.0. The van der Waals surface area contributed by atoms with Crippen LogP contribution in [0.3, 0.4) is 0 Å². The molecule has 1 saturated heterocycles. The minimum absolute atomic E-state index is 0.0939. The first-order valence-corrected chi connectivity index (χ1v) is 8.56. The van der Waals surface area contributed by atoms with Crippen molar-refractivity contribution in [2.24, 2.45) is 5.92 Å². The number of benzene rings is 1. The Morgan fingerprint density at radius 3 is 2.56 bits per heavy atom. The topological polar surface area (TPSA) is 75.4 Å². The first kappa shape index (κ1) is 17.2. The second-order valence-corrected chi connectivity index (χ2v) is 6.71. The van der Waals surface area contributed by atoms with Crippen molar-refractivity contribution in [3.63, 3.8) is 0 Å². The van der Waals surface area contributed by atoms with Crippen molar-refractivity contribution in [3.05, 3.63) is 52.8 Å². The summed E-state index contributed by atoms with van der Waals surface area (Å²) in [5.41, 5.74) is 3.76. The highest BCUT2D eigenvalue weighted by Gasteiger charge is 2.28. The Balaban J connectivity index is 1.68. The number of carboxylic acid groups (broad SMARTS) is 1. The molecule has 3 rings (SSSR count). The van der Waals surface area contributed by atoms with E-state index in [0.717, 1.165) is 23.4 Å². The van der Waals surface area contributed by atoms with Gasteiger partial charge in [0.15, 0.2) is 0 Å². The summed E-state index contributed by atoms with van der Waals surface area (Å²) >= 11 is 0. The lowest BCUT2D eigenvalue weighted by molar-refractivity contribution is -0.143. The molecule has 6 heteroatoms. The Hall–Kier alpha value is -2.63. The first-order valence-electron chi connectivity index (χ1n) is 8.56. The minimum Gasteiger partial charge on any atom is -0.481 e. The highest BCUT2D eigenvalue weighted by Crippen LogP contribution is 2.19. The average Bonchev–Trinajstić information content (AvgIpc) is 2.92. The molecule has 0 aliphatic carbocycles. The van der Waals surface area contributed by atoms with Crippen LogP contribution in [0.1, 0.15) is 40.2 Å². The summed E-state index contributed by atoms with van der Waals surface area (Å²) in [5, 5.41) is 13.6. The fourth-order valence-corrected chi connectivity index (χ4v) is 3.31. The molecule has 1 aliphatic rings. The number of aromatic nitrogens is 2. The number of aryl methyl sites for hydroxylation is 2.